The minimum absolute atomic E-state index is 0.0834. The third-order valence-electron chi connectivity index (χ3n) is 2.65. The van der Waals surface area contributed by atoms with Crippen molar-refractivity contribution in [3.8, 4) is 11.5 Å². The first-order chi connectivity index (χ1) is 9.10. The van der Waals surface area contributed by atoms with Gasteiger partial charge in [-0.1, -0.05) is 6.07 Å². The van der Waals surface area contributed by atoms with Crippen LogP contribution >= 0.6 is 15.9 Å². The van der Waals surface area contributed by atoms with Crippen molar-refractivity contribution in [2.75, 3.05) is 12.4 Å². The fourth-order valence-electron chi connectivity index (χ4n) is 1.68. The number of rotatable bonds is 4. The van der Waals surface area contributed by atoms with Crippen LogP contribution in [0.1, 0.15) is 5.56 Å². The van der Waals surface area contributed by atoms with E-state index in [0.717, 1.165) is 10.0 Å². The Balaban J connectivity index is 2.10. The minimum Gasteiger partial charge on any atom is -0.504 e. The van der Waals surface area contributed by atoms with E-state index in [1.54, 1.807) is 18.2 Å². The average molecular weight is 326 g/mol. The lowest BCUT2D eigenvalue weighted by molar-refractivity contribution is 0.373. The summed E-state index contributed by atoms with van der Waals surface area (Å²) in [7, 11) is 1.50. The van der Waals surface area contributed by atoms with Gasteiger partial charge in [-0.15, -0.1) is 0 Å². The molecule has 0 atom stereocenters. The number of halogens is 2. The fraction of sp³-hybridized carbons (Fsp3) is 0.143. The number of phenols is 1. The molecule has 2 aromatic carbocycles. The highest BCUT2D eigenvalue weighted by Gasteiger charge is 2.04. The van der Waals surface area contributed by atoms with Crippen molar-refractivity contribution in [2.45, 2.75) is 6.54 Å². The summed E-state index contributed by atoms with van der Waals surface area (Å²) in [5, 5.41) is 12.8. The molecule has 2 rings (SSSR count). The van der Waals surface area contributed by atoms with Gasteiger partial charge < -0.3 is 15.2 Å². The van der Waals surface area contributed by atoms with Crippen LogP contribution in [0.2, 0.25) is 0 Å². The zero-order valence-electron chi connectivity index (χ0n) is 10.3. The topological polar surface area (TPSA) is 41.5 Å². The van der Waals surface area contributed by atoms with Gasteiger partial charge in [-0.05, 0) is 51.8 Å². The van der Waals surface area contributed by atoms with Crippen LogP contribution in [0.15, 0.2) is 40.9 Å². The van der Waals surface area contributed by atoms with Crippen LogP contribution in [0.25, 0.3) is 0 Å². The number of hydrogen-bond acceptors (Lipinski definition) is 3. The number of ether oxygens (including phenoxy) is 1. The highest BCUT2D eigenvalue weighted by molar-refractivity contribution is 9.10. The number of nitrogens with one attached hydrogen (secondary N) is 1. The summed E-state index contributed by atoms with van der Waals surface area (Å²) >= 11 is 3.34. The molecule has 0 saturated heterocycles. The highest BCUT2D eigenvalue weighted by atomic mass is 79.9. The van der Waals surface area contributed by atoms with Gasteiger partial charge in [0.1, 0.15) is 5.82 Å². The van der Waals surface area contributed by atoms with Gasteiger partial charge in [0.2, 0.25) is 0 Å². The Bertz CT molecular complexity index is 590. The van der Waals surface area contributed by atoms with Gasteiger partial charge in [0.05, 0.1) is 12.8 Å². The van der Waals surface area contributed by atoms with Gasteiger partial charge in [0.25, 0.3) is 0 Å². The molecule has 0 aliphatic rings. The van der Waals surface area contributed by atoms with E-state index in [4.69, 9.17) is 4.74 Å². The summed E-state index contributed by atoms with van der Waals surface area (Å²) in [6, 6.07) is 9.57. The second kappa shape index (κ2) is 5.93. The molecule has 100 valence electrons. The fourth-order valence-corrected chi connectivity index (χ4v) is 2.06. The van der Waals surface area contributed by atoms with E-state index in [9.17, 15) is 9.50 Å². The Morgan fingerprint density at radius 3 is 2.74 bits per heavy atom. The number of methoxy groups -OCH3 is 1. The van der Waals surface area contributed by atoms with E-state index in [0.29, 0.717) is 18.0 Å². The Morgan fingerprint density at radius 1 is 1.26 bits per heavy atom. The number of aromatic hydroxyl groups is 1. The Hall–Kier alpha value is -1.75. The van der Waals surface area contributed by atoms with E-state index >= 15 is 0 Å². The molecule has 19 heavy (non-hydrogen) atoms. The smallest absolute Gasteiger partial charge is 0.160 e. The van der Waals surface area contributed by atoms with Crippen LogP contribution in [0, 0.1) is 5.82 Å². The van der Waals surface area contributed by atoms with Crippen LogP contribution in [-0.2, 0) is 6.54 Å². The maximum absolute atomic E-state index is 13.1. The Kier molecular flexibility index (Phi) is 4.27. The van der Waals surface area contributed by atoms with E-state index in [1.807, 2.05) is 6.07 Å². The predicted molar refractivity (Wildman–Crippen MR) is 76.1 cm³/mol. The Morgan fingerprint density at radius 2 is 2.05 bits per heavy atom. The Labute approximate surface area is 119 Å². The zero-order valence-corrected chi connectivity index (χ0v) is 11.9. The lowest BCUT2D eigenvalue weighted by Crippen LogP contribution is -2.00. The molecule has 2 aromatic rings. The molecule has 0 aromatic heterocycles. The molecule has 0 aliphatic carbocycles. The summed E-state index contributed by atoms with van der Waals surface area (Å²) in [6.45, 7) is 0.472. The van der Waals surface area contributed by atoms with Gasteiger partial charge in [-0.3, -0.25) is 0 Å². The van der Waals surface area contributed by atoms with Crippen molar-refractivity contribution >= 4 is 21.6 Å². The van der Waals surface area contributed by atoms with Crippen molar-refractivity contribution in [1.29, 1.82) is 0 Å². The van der Waals surface area contributed by atoms with E-state index < -0.39 is 0 Å². The molecule has 3 nitrogen and oxygen atoms in total. The maximum Gasteiger partial charge on any atom is 0.160 e. The van der Waals surface area contributed by atoms with Gasteiger partial charge in [-0.25, -0.2) is 4.39 Å². The highest BCUT2D eigenvalue weighted by Crippen LogP contribution is 2.27. The molecular weight excluding hydrogens is 313 g/mol. The van der Waals surface area contributed by atoms with Gasteiger partial charge in [0, 0.05) is 11.0 Å². The number of phenolic OH excluding ortho intramolecular Hbond substituents is 1. The van der Waals surface area contributed by atoms with Gasteiger partial charge in [0.15, 0.2) is 11.5 Å². The molecule has 0 heterocycles. The molecule has 0 amide bonds. The first-order valence-corrected chi connectivity index (χ1v) is 6.44. The third kappa shape index (κ3) is 3.38. The van der Waals surface area contributed by atoms with Crippen LogP contribution in [0.5, 0.6) is 11.5 Å². The van der Waals surface area contributed by atoms with Crippen LogP contribution < -0.4 is 10.1 Å². The second-order valence-electron chi connectivity index (χ2n) is 3.98. The molecule has 5 heteroatoms. The number of benzene rings is 2. The largest absolute Gasteiger partial charge is 0.504 e. The lowest BCUT2D eigenvalue weighted by atomic mass is 10.2. The third-order valence-corrected chi connectivity index (χ3v) is 3.35. The summed E-state index contributed by atoms with van der Waals surface area (Å²) in [5.41, 5.74) is 1.53. The molecule has 2 N–H and O–H groups in total. The van der Waals surface area contributed by atoms with Crippen LogP contribution in [-0.4, -0.2) is 12.2 Å². The summed E-state index contributed by atoms with van der Waals surface area (Å²) in [4.78, 5) is 0. The molecule has 0 saturated carbocycles. The maximum atomic E-state index is 13.1. The SMILES string of the molecule is COc1ccc(CNc2cc(F)ccc2Br)cc1O. The average Bonchev–Trinajstić information content (AvgIpc) is 2.40. The van der Waals surface area contributed by atoms with Crippen LogP contribution in [0.4, 0.5) is 10.1 Å². The number of anilines is 1. The minimum atomic E-state index is -0.303. The molecule has 0 radical (unpaired) electrons. The molecular formula is C14H13BrFNO2. The predicted octanol–water partition coefficient (Wildman–Crippen LogP) is 3.91. The quantitative estimate of drug-likeness (QED) is 0.895. The molecule has 0 spiro atoms. The second-order valence-corrected chi connectivity index (χ2v) is 4.84. The standard InChI is InChI=1S/C14H13BrFNO2/c1-19-14-5-2-9(6-13(14)18)8-17-12-7-10(16)3-4-11(12)15/h2-7,17-18H,8H2,1H3. The van der Waals surface area contributed by atoms with Crippen molar-refractivity contribution in [3.63, 3.8) is 0 Å². The van der Waals surface area contributed by atoms with Crippen molar-refractivity contribution < 1.29 is 14.2 Å². The van der Waals surface area contributed by atoms with E-state index in [2.05, 4.69) is 21.2 Å². The molecule has 0 unspecified atom stereocenters. The molecule has 0 aliphatic heterocycles. The first kappa shape index (κ1) is 13.7. The van der Waals surface area contributed by atoms with E-state index in [1.165, 1.54) is 19.2 Å². The molecule has 0 bridgehead atoms. The van der Waals surface area contributed by atoms with Crippen molar-refractivity contribution in [3.05, 3.63) is 52.3 Å². The van der Waals surface area contributed by atoms with Gasteiger partial charge >= 0.3 is 0 Å². The lowest BCUT2D eigenvalue weighted by Gasteiger charge is -2.10. The monoisotopic (exact) mass is 325 g/mol. The normalized spacial score (nSPS) is 10.3. The van der Waals surface area contributed by atoms with Crippen molar-refractivity contribution in [1.82, 2.24) is 0 Å². The van der Waals surface area contributed by atoms with E-state index in [-0.39, 0.29) is 11.6 Å². The summed E-state index contributed by atoms with van der Waals surface area (Å²) in [5.74, 6) is 0.207. The number of hydrogen-bond donors (Lipinski definition) is 2. The summed E-state index contributed by atoms with van der Waals surface area (Å²) < 4.78 is 18.9. The van der Waals surface area contributed by atoms with Crippen LogP contribution in [0.3, 0.4) is 0 Å². The van der Waals surface area contributed by atoms with Gasteiger partial charge in [-0.2, -0.15) is 0 Å². The zero-order chi connectivity index (χ0) is 13.8. The van der Waals surface area contributed by atoms with Crippen molar-refractivity contribution in [2.24, 2.45) is 0 Å². The summed E-state index contributed by atoms with van der Waals surface area (Å²) in [6.07, 6.45) is 0. The first-order valence-electron chi connectivity index (χ1n) is 5.65. The molecule has 0 fully saturated rings.